The van der Waals surface area contributed by atoms with Crippen LogP contribution in [0.3, 0.4) is 0 Å². The third kappa shape index (κ3) is 2.86. The van der Waals surface area contributed by atoms with Crippen LogP contribution in [0.15, 0.2) is 0 Å². The summed E-state index contributed by atoms with van der Waals surface area (Å²) in [6.45, 7) is -0.797. The highest BCUT2D eigenvalue weighted by molar-refractivity contribution is 7.53. The molecule has 0 aliphatic heterocycles. The quantitative estimate of drug-likeness (QED) is 0.397. The maximum Gasteiger partial charge on any atom is 0.358 e. The molecule has 0 saturated heterocycles. The topological polar surface area (TPSA) is 107 Å². The van der Waals surface area contributed by atoms with Gasteiger partial charge >= 0.3 is 7.60 Å². The first kappa shape index (κ1) is 11.0. The number of hydrogen-bond donors (Lipinski definition) is 4. The highest BCUT2D eigenvalue weighted by atomic mass is 31.2. The van der Waals surface area contributed by atoms with Crippen LogP contribution in [0.25, 0.3) is 0 Å². The molecule has 0 aromatic rings. The molecule has 0 aliphatic rings. The van der Waals surface area contributed by atoms with Crippen LogP contribution in [0.2, 0.25) is 0 Å². The SMILES string of the molecule is COP(=O)(O)C(O)[C@@H](O)CO. The Morgan fingerprint density at radius 1 is 1.55 bits per heavy atom. The van der Waals surface area contributed by atoms with Crippen molar-refractivity contribution in [3.05, 3.63) is 0 Å². The van der Waals surface area contributed by atoms with E-state index in [2.05, 4.69) is 4.52 Å². The average molecular weight is 186 g/mol. The zero-order valence-electron chi connectivity index (χ0n) is 5.91. The van der Waals surface area contributed by atoms with Crippen molar-refractivity contribution in [2.24, 2.45) is 0 Å². The Kier molecular flexibility index (Phi) is 4.17. The van der Waals surface area contributed by atoms with Gasteiger partial charge in [0, 0.05) is 7.11 Å². The molecule has 0 spiro atoms. The van der Waals surface area contributed by atoms with E-state index in [-0.39, 0.29) is 0 Å². The minimum absolute atomic E-state index is 0.797. The van der Waals surface area contributed by atoms with Gasteiger partial charge in [0.25, 0.3) is 0 Å². The van der Waals surface area contributed by atoms with Crippen LogP contribution in [0.5, 0.6) is 0 Å². The van der Waals surface area contributed by atoms with Gasteiger partial charge in [0.1, 0.15) is 6.10 Å². The lowest BCUT2D eigenvalue weighted by atomic mass is 10.4. The van der Waals surface area contributed by atoms with Gasteiger partial charge in [-0.25, -0.2) is 0 Å². The first-order valence-corrected chi connectivity index (χ1v) is 4.45. The van der Waals surface area contributed by atoms with Gasteiger partial charge in [-0.2, -0.15) is 0 Å². The Hall–Kier alpha value is 0.0300. The van der Waals surface area contributed by atoms with Crippen LogP contribution in [0.1, 0.15) is 0 Å². The molecule has 0 amide bonds. The van der Waals surface area contributed by atoms with E-state index in [0.717, 1.165) is 7.11 Å². The summed E-state index contributed by atoms with van der Waals surface area (Å²) >= 11 is 0. The van der Waals surface area contributed by atoms with Gasteiger partial charge in [0.2, 0.25) is 0 Å². The molecule has 0 bridgehead atoms. The van der Waals surface area contributed by atoms with Gasteiger partial charge in [-0.15, -0.1) is 0 Å². The van der Waals surface area contributed by atoms with Gasteiger partial charge in [0.15, 0.2) is 5.85 Å². The normalized spacial score (nSPS) is 22.3. The zero-order chi connectivity index (χ0) is 9.07. The summed E-state index contributed by atoms with van der Waals surface area (Å²) in [5, 5.41) is 25.7. The van der Waals surface area contributed by atoms with Crippen molar-refractivity contribution < 1.29 is 29.3 Å². The lowest BCUT2D eigenvalue weighted by Crippen LogP contribution is -2.29. The van der Waals surface area contributed by atoms with Crippen molar-refractivity contribution in [1.82, 2.24) is 0 Å². The van der Waals surface area contributed by atoms with Crippen molar-refractivity contribution in [3.63, 3.8) is 0 Å². The van der Waals surface area contributed by atoms with Crippen molar-refractivity contribution >= 4 is 7.60 Å². The second kappa shape index (κ2) is 4.15. The molecular formula is C4H11O6P. The fourth-order valence-corrected chi connectivity index (χ4v) is 1.16. The van der Waals surface area contributed by atoms with Crippen LogP contribution in [-0.4, -0.2) is 45.9 Å². The zero-order valence-corrected chi connectivity index (χ0v) is 6.81. The monoisotopic (exact) mass is 186 g/mol. The highest BCUT2D eigenvalue weighted by Crippen LogP contribution is 2.46. The van der Waals surface area contributed by atoms with Crippen LogP contribution in [0.4, 0.5) is 0 Å². The second-order valence-electron chi connectivity index (χ2n) is 1.91. The average Bonchev–Trinajstić information content (AvgIpc) is 2.01. The van der Waals surface area contributed by atoms with Crippen molar-refractivity contribution in [3.8, 4) is 0 Å². The Morgan fingerprint density at radius 2 is 2.00 bits per heavy atom. The van der Waals surface area contributed by atoms with Crippen molar-refractivity contribution in [1.29, 1.82) is 0 Å². The molecule has 3 atom stereocenters. The predicted octanol–water partition coefficient (Wildman–Crippen LogP) is -1.51. The number of hydrogen-bond acceptors (Lipinski definition) is 5. The largest absolute Gasteiger partial charge is 0.394 e. The highest BCUT2D eigenvalue weighted by Gasteiger charge is 2.35. The molecule has 0 saturated carbocycles. The first-order valence-electron chi connectivity index (χ1n) is 2.81. The third-order valence-corrected chi connectivity index (χ3v) is 2.66. The first-order chi connectivity index (χ1) is 4.95. The molecule has 0 radical (unpaired) electrons. The molecule has 7 heteroatoms. The smallest absolute Gasteiger partial charge is 0.358 e. The van der Waals surface area contributed by atoms with E-state index in [9.17, 15) is 4.57 Å². The van der Waals surface area contributed by atoms with Gasteiger partial charge < -0.3 is 24.7 Å². The van der Waals surface area contributed by atoms with Crippen LogP contribution < -0.4 is 0 Å². The summed E-state index contributed by atoms with van der Waals surface area (Å²) in [5.41, 5.74) is 0. The summed E-state index contributed by atoms with van der Waals surface area (Å²) in [7, 11) is -3.27. The van der Waals surface area contributed by atoms with Crippen molar-refractivity contribution in [2.45, 2.75) is 11.9 Å². The molecule has 0 fully saturated rings. The molecule has 0 aromatic heterocycles. The van der Waals surface area contributed by atoms with E-state index in [4.69, 9.17) is 20.2 Å². The molecule has 11 heavy (non-hydrogen) atoms. The number of aliphatic hydroxyl groups excluding tert-OH is 3. The van der Waals surface area contributed by atoms with E-state index < -0.39 is 26.2 Å². The lowest BCUT2D eigenvalue weighted by Gasteiger charge is -2.19. The Balaban J connectivity index is 4.22. The minimum Gasteiger partial charge on any atom is -0.394 e. The molecule has 6 nitrogen and oxygen atoms in total. The van der Waals surface area contributed by atoms with Gasteiger partial charge in [-0.3, -0.25) is 4.57 Å². The van der Waals surface area contributed by atoms with Gasteiger partial charge in [0.05, 0.1) is 6.61 Å². The van der Waals surface area contributed by atoms with Crippen LogP contribution in [0, 0.1) is 0 Å². The second-order valence-corrected chi connectivity index (χ2v) is 3.93. The fraction of sp³-hybridized carbons (Fsp3) is 1.00. The van der Waals surface area contributed by atoms with E-state index in [1.54, 1.807) is 0 Å². The lowest BCUT2D eigenvalue weighted by molar-refractivity contribution is 0.0115. The van der Waals surface area contributed by atoms with Gasteiger partial charge in [-0.1, -0.05) is 0 Å². The third-order valence-electron chi connectivity index (χ3n) is 1.13. The van der Waals surface area contributed by atoms with Crippen molar-refractivity contribution in [2.75, 3.05) is 13.7 Å². The van der Waals surface area contributed by atoms with Crippen LogP contribution in [-0.2, 0) is 9.09 Å². The number of aliphatic hydroxyl groups is 3. The summed E-state index contributed by atoms with van der Waals surface area (Å²) in [6.07, 6.45) is -1.66. The summed E-state index contributed by atoms with van der Waals surface area (Å²) in [4.78, 5) is 8.71. The minimum atomic E-state index is -4.19. The molecular weight excluding hydrogens is 175 g/mol. The molecule has 0 heterocycles. The Labute approximate surface area is 63.6 Å². The maximum absolute atomic E-state index is 10.7. The van der Waals surface area contributed by atoms with E-state index in [1.165, 1.54) is 0 Å². The summed E-state index contributed by atoms with van der Waals surface area (Å²) in [6, 6.07) is 0. The fourth-order valence-electron chi connectivity index (χ4n) is 0.420. The maximum atomic E-state index is 10.7. The molecule has 0 rings (SSSR count). The van der Waals surface area contributed by atoms with Gasteiger partial charge in [-0.05, 0) is 0 Å². The Morgan fingerprint density at radius 3 is 2.27 bits per heavy atom. The molecule has 0 aliphatic carbocycles. The number of rotatable bonds is 4. The molecule has 68 valence electrons. The van der Waals surface area contributed by atoms with E-state index in [0.29, 0.717) is 0 Å². The summed E-state index contributed by atoms with van der Waals surface area (Å²) in [5.74, 6) is -1.96. The molecule has 0 aromatic carbocycles. The predicted molar refractivity (Wildman–Crippen MR) is 35.9 cm³/mol. The molecule has 2 unspecified atom stereocenters. The van der Waals surface area contributed by atoms with E-state index in [1.807, 2.05) is 0 Å². The standard InChI is InChI=1S/C4H11O6P/c1-10-11(8,9)4(7)3(6)2-5/h3-7H,2H2,1H3,(H,8,9)/t3-,4?/m0/s1. The van der Waals surface area contributed by atoms with Crippen LogP contribution >= 0.6 is 7.60 Å². The van der Waals surface area contributed by atoms with E-state index >= 15 is 0 Å². The summed E-state index contributed by atoms with van der Waals surface area (Å²) < 4.78 is 14.7. The molecule has 4 N–H and O–H groups in total. The Bertz CT molecular complexity index is 159.